The van der Waals surface area contributed by atoms with Crippen LogP contribution in [-0.4, -0.2) is 9.78 Å². The number of halogens is 1. The van der Waals surface area contributed by atoms with Crippen LogP contribution in [0.1, 0.15) is 17.0 Å². The van der Waals surface area contributed by atoms with Crippen LogP contribution in [0.15, 0.2) is 24.3 Å². The zero-order valence-corrected chi connectivity index (χ0v) is 11.0. The van der Waals surface area contributed by atoms with Gasteiger partial charge in [-0.2, -0.15) is 5.10 Å². The van der Waals surface area contributed by atoms with Crippen molar-refractivity contribution in [2.24, 2.45) is 7.05 Å². The fourth-order valence-corrected chi connectivity index (χ4v) is 1.84. The molecule has 4 heteroatoms. The Morgan fingerprint density at radius 2 is 1.88 bits per heavy atom. The molecule has 0 N–H and O–H groups in total. The first-order valence-electron chi connectivity index (χ1n) is 5.45. The molecule has 0 amide bonds. The fourth-order valence-electron chi connectivity index (χ4n) is 1.62. The first-order chi connectivity index (χ1) is 8.08. The Morgan fingerprint density at radius 3 is 2.41 bits per heavy atom. The van der Waals surface area contributed by atoms with Crippen LogP contribution in [0.5, 0.6) is 5.75 Å². The number of ether oxygens (including phenoxy) is 1. The van der Waals surface area contributed by atoms with Crippen LogP contribution in [0.4, 0.5) is 0 Å². The standard InChI is InChI=1S/C13H15ClN2O/c1-9-4-6-11(7-5-9)17-8-12-13(14)10(2)15-16(12)3/h4-7H,8H2,1-3H3. The van der Waals surface area contributed by atoms with Crippen LogP contribution in [0.3, 0.4) is 0 Å². The lowest BCUT2D eigenvalue weighted by atomic mass is 10.2. The molecular formula is C13H15ClN2O. The summed E-state index contributed by atoms with van der Waals surface area (Å²) in [7, 11) is 1.87. The van der Waals surface area contributed by atoms with E-state index < -0.39 is 0 Å². The number of benzene rings is 1. The molecule has 0 aliphatic heterocycles. The molecule has 0 unspecified atom stereocenters. The molecule has 0 bridgehead atoms. The van der Waals surface area contributed by atoms with Crippen LogP contribution < -0.4 is 4.74 Å². The van der Waals surface area contributed by atoms with Gasteiger partial charge in [-0.15, -0.1) is 0 Å². The molecule has 17 heavy (non-hydrogen) atoms. The van der Waals surface area contributed by atoms with Gasteiger partial charge < -0.3 is 4.74 Å². The van der Waals surface area contributed by atoms with Gasteiger partial charge in [-0.3, -0.25) is 4.68 Å². The van der Waals surface area contributed by atoms with Crippen LogP contribution in [-0.2, 0) is 13.7 Å². The number of aryl methyl sites for hydroxylation is 3. The quantitative estimate of drug-likeness (QED) is 0.836. The lowest BCUT2D eigenvalue weighted by Gasteiger charge is -2.07. The molecule has 0 aliphatic rings. The molecule has 3 nitrogen and oxygen atoms in total. The third-order valence-corrected chi connectivity index (χ3v) is 3.15. The van der Waals surface area contributed by atoms with E-state index in [0.717, 1.165) is 17.1 Å². The number of hydrogen-bond acceptors (Lipinski definition) is 2. The summed E-state index contributed by atoms with van der Waals surface area (Å²) in [5.74, 6) is 0.838. The predicted molar refractivity (Wildman–Crippen MR) is 68.5 cm³/mol. The average molecular weight is 251 g/mol. The van der Waals surface area contributed by atoms with Gasteiger partial charge in [0, 0.05) is 7.05 Å². The number of rotatable bonds is 3. The number of aromatic nitrogens is 2. The zero-order valence-electron chi connectivity index (χ0n) is 10.2. The highest BCUT2D eigenvalue weighted by Gasteiger charge is 2.11. The molecule has 0 spiro atoms. The minimum Gasteiger partial charge on any atom is -0.487 e. The van der Waals surface area contributed by atoms with E-state index in [9.17, 15) is 0 Å². The molecule has 1 aromatic heterocycles. The average Bonchev–Trinajstić information content (AvgIpc) is 2.54. The Balaban J connectivity index is 2.09. The number of hydrogen-bond donors (Lipinski definition) is 0. The lowest BCUT2D eigenvalue weighted by molar-refractivity contribution is 0.295. The normalized spacial score (nSPS) is 10.6. The zero-order chi connectivity index (χ0) is 12.4. The second-order valence-corrected chi connectivity index (χ2v) is 4.45. The summed E-state index contributed by atoms with van der Waals surface area (Å²) in [5, 5.41) is 4.92. The second kappa shape index (κ2) is 4.80. The largest absolute Gasteiger partial charge is 0.487 e. The number of nitrogens with zero attached hydrogens (tertiary/aromatic N) is 2. The smallest absolute Gasteiger partial charge is 0.131 e. The van der Waals surface area contributed by atoms with E-state index in [1.165, 1.54) is 5.56 Å². The maximum absolute atomic E-state index is 6.14. The molecule has 0 atom stereocenters. The molecular weight excluding hydrogens is 236 g/mol. The summed E-state index contributed by atoms with van der Waals surface area (Å²) in [6, 6.07) is 7.94. The van der Waals surface area contributed by atoms with E-state index in [1.807, 2.05) is 45.2 Å². The van der Waals surface area contributed by atoms with Crippen molar-refractivity contribution in [1.82, 2.24) is 9.78 Å². The van der Waals surface area contributed by atoms with Crippen molar-refractivity contribution in [2.75, 3.05) is 0 Å². The fraction of sp³-hybridized carbons (Fsp3) is 0.308. The SMILES string of the molecule is Cc1ccc(OCc2c(Cl)c(C)nn2C)cc1. The first-order valence-corrected chi connectivity index (χ1v) is 5.83. The van der Waals surface area contributed by atoms with Gasteiger partial charge in [0.25, 0.3) is 0 Å². The highest BCUT2D eigenvalue weighted by atomic mass is 35.5. The minimum absolute atomic E-state index is 0.430. The van der Waals surface area contributed by atoms with E-state index in [-0.39, 0.29) is 0 Å². The minimum atomic E-state index is 0.430. The van der Waals surface area contributed by atoms with Crippen LogP contribution in [0, 0.1) is 13.8 Å². The maximum atomic E-state index is 6.14. The van der Waals surface area contributed by atoms with Gasteiger partial charge in [-0.1, -0.05) is 29.3 Å². The summed E-state index contributed by atoms with van der Waals surface area (Å²) < 4.78 is 7.43. The molecule has 0 radical (unpaired) electrons. The summed E-state index contributed by atoms with van der Waals surface area (Å²) in [4.78, 5) is 0. The van der Waals surface area contributed by atoms with Gasteiger partial charge >= 0.3 is 0 Å². The Labute approximate surface area is 106 Å². The summed E-state index contributed by atoms with van der Waals surface area (Å²) in [5.41, 5.74) is 2.94. The molecule has 0 saturated carbocycles. The van der Waals surface area contributed by atoms with Crippen molar-refractivity contribution in [3.63, 3.8) is 0 Å². The Bertz CT molecular complexity index is 517. The van der Waals surface area contributed by atoms with Gasteiger partial charge in [0.15, 0.2) is 0 Å². The highest BCUT2D eigenvalue weighted by Crippen LogP contribution is 2.21. The predicted octanol–water partition coefficient (Wildman–Crippen LogP) is 3.27. The van der Waals surface area contributed by atoms with Gasteiger partial charge in [0.05, 0.1) is 16.4 Å². The summed E-state index contributed by atoms with van der Waals surface area (Å²) >= 11 is 6.14. The van der Waals surface area contributed by atoms with E-state index in [4.69, 9.17) is 16.3 Å². The van der Waals surface area contributed by atoms with Gasteiger partial charge in [0.2, 0.25) is 0 Å². The van der Waals surface area contributed by atoms with E-state index in [0.29, 0.717) is 11.6 Å². The molecule has 1 heterocycles. The molecule has 90 valence electrons. The van der Waals surface area contributed by atoms with Crippen LogP contribution in [0.25, 0.3) is 0 Å². The molecule has 1 aromatic carbocycles. The highest BCUT2D eigenvalue weighted by molar-refractivity contribution is 6.31. The van der Waals surface area contributed by atoms with Crippen molar-refractivity contribution in [2.45, 2.75) is 20.5 Å². The monoisotopic (exact) mass is 250 g/mol. The van der Waals surface area contributed by atoms with Crippen molar-refractivity contribution in [1.29, 1.82) is 0 Å². The van der Waals surface area contributed by atoms with Crippen molar-refractivity contribution in [3.05, 3.63) is 46.2 Å². The van der Waals surface area contributed by atoms with E-state index in [2.05, 4.69) is 5.10 Å². The topological polar surface area (TPSA) is 27.1 Å². The Hall–Kier alpha value is -1.48. The molecule has 2 rings (SSSR count). The second-order valence-electron chi connectivity index (χ2n) is 4.07. The molecule has 2 aromatic rings. The van der Waals surface area contributed by atoms with Crippen molar-refractivity contribution < 1.29 is 4.74 Å². The van der Waals surface area contributed by atoms with E-state index in [1.54, 1.807) is 4.68 Å². The maximum Gasteiger partial charge on any atom is 0.131 e. The first kappa shape index (κ1) is 12.0. The van der Waals surface area contributed by atoms with Crippen LogP contribution >= 0.6 is 11.6 Å². The summed E-state index contributed by atoms with van der Waals surface area (Å²) in [6.45, 7) is 4.36. The molecule has 0 saturated heterocycles. The van der Waals surface area contributed by atoms with E-state index >= 15 is 0 Å². The van der Waals surface area contributed by atoms with Crippen molar-refractivity contribution in [3.8, 4) is 5.75 Å². The van der Waals surface area contributed by atoms with Gasteiger partial charge in [-0.25, -0.2) is 0 Å². The lowest BCUT2D eigenvalue weighted by Crippen LogP contribution is -2.03. The molecule has 0 aliphatic carbocycles. The van der Waals surface area contributed by atoms with Crippen molar-refractivity contribution >= 4 is 11.6 Å². The Morgan fingerprint density at radius 1 is 1.24 bits per heavy atom. The third kappa shape index (κ3) is 2.61. The Kier molecular flexibility index (Phi) is 3.38. The van der Waals surface area contributed by atoms with Gasteiger partial charge in [0.1, 0.15) is 12.4 Å². The summed E-state index contributed by atoms with van der Waals surface area (Å²) in [6.07, 6.45) is 0. The molecule has 0 fully saturated rings. The van der Waals surface area contributed by atoms with Crippen LogP contribution in [0.2, 0.25) is 5.02 Å². The third-order valence-electron chi connectivity index (χ3n) is 2.66. The van der Waals surface area contributed by atoms with Gasteiger partial charge in [-0.05, 0) is 26.0 Å².